The molecule has 3 heteroatoms. The molecule has 3 fully saturated rings. The van der Waals surface area contributed by atoms with Crippen molar-refractivity contribution in [2.24, 2.45) is 23.7 Å². The maximum absolute atomic E-state index is 11.5. The quantitative estimate of drug-likeness (QED) is 0.866. The van der Waals surface area contributed by atoms with Crippen molar-refractivity contribution < 1.29 is 0 Å². The van der Waals surface area contributed by atoms with Crippen LogP contribution >= 0.6 is 0 Å². The van der Waals surface area contributed by atoms with Gasteiger partial charge in [0.05, 0.1) is 0 Å². The molecule has 0 amide bonds. The van der Waals surface area contributed by atoms with E-state index < -0.39 is 0 Å². The summed E-state index contributed by atoms with van der Waals surface area (Å²) in [6.45, 7) is 0. The summed E-state index contributed by atoms with van der Waals surface area (Å²) >= 11 is 0. The summed E-state index contributed by atoms with van der Waals surface area (Å²) in [6.07, 6.45) is 7.94. The molecule has 5 atom stereocenters. The summed E-state index contributed by atoms with van der Waals surface area (Å²) in [5, 5.41) is 3.95. The van der Waals surface area contributed by atoms with Crippen LogP contribution in [0.4, 0.5) is 0 Å². The molecule has 0 spiro atoms. The predicted molar refractivity (Wildman–Crippen MR) is 77.5 cm³/mol. The van der Waals surface area contributed by atoms with Crippen LogP contribution in [0.15, 0.2) is 16.9 Å². The van der Waals surface area contributed by atoms with Gasteiger partial charge in [-0.2, -0.15) is 0 Å². The minimum Gasteiger partial charge on any atom is -0.326 e. The molecule has 0 radical (unpaired) electrons. The lowest BCUT2D eigenvalue weighted by molar-refractivity contribution is 0.390. The van der Waals surface area contributed by atoms with E-state index in [0.29, 0.717) is 6.04 Å². The largest absolute Gasteiger partial charge is 0.326 e. The fourth-order valence-electron chi connectivity index (χ4n) is 5.65. The molecule has 1 aromatic heterocycles. The van der Waals surface area contributed by atoms with Gasteiger partial charge in [-0.05, 0) is 67.8 Å². The lowest BCUT2D eigenvalue weighted by atomic mass is 9.91. The number of hydrogen-bond acceptors (Lipinski definition) is 2. The molecule has 1 aromatic rings. The van der Waals surface area contributed by atoms with E-state index in [0.717, 1.165) is 36.1 Å². The first-order valence-electron chi connectivity index (χ1n) is 8.29. The molecule has 5 unspecified atom stereocenters. The highest BCUT2D eigenvalue weighted by Gasteiger charge is 2.65. The number of pyridine rings is 1. The van der Waals surface area contributed by atoms with Crippen molar-refractivity contribution >= 4 is 0 Å². The lowest BCUT2D eigenvalue weighted by Gasteiger charge is -2.27. The monoisotopic (exact) mass is 270 g/mol. The summed E-state index contributed by atoms with van der Waals surface area (Å²) in [7, 11) is 0. The van der Waals surface area contributed by atoms with Crippen molar-refractivity contribution in [2.75, 3.05) is 0 Å². The molecule has 4 aliphatic rings. The van der Waals surface area contributed by atoms with Crippen molar-refractivity contribution in [3.8, 4) is 0 Å². The third-order valence-electron chi connectivity index (χ3n) is 6.46. The van der Waals surface area contributed by atoms with Gasteiger partial charge in [-0.15, -0.1) is 0 Å². The molecule has 0 saturated heterocycles. The molecular weight excluding hydrogens is 248 g/mol. The zero-order valence-electron chi connectivity index (χ0n) is 11.8. The Kier molecular flexibility index (Phi) is 2.29. The van der Waals surface area contributed by atoms with Gasteiger partial charge >= 0.3 is 0 Å². The summed E-state index contributed by atoms with van der Waals surface area (Å²) in [5.74, 6) is 4.03. The second-order valence-electron chi connectivity index (χ2n) is 7.38. The van der Waals surface area contributed by atoms with Crippen LogP contribution in [-0.2, 0) is 6.42 Å². The molecule has 0 aliphatic heterocycles. The van der Waals surface area contributed by atoms with Gasteiger partial charge < -0.3 is 10.3 Å². The van der Waals surface area contributed by atoms with E-state index in [-0.39, 0.29) is 5.56 Å². The first-order valence-corrected chi connectivity index (χ1v) is 8.29. The normalized spacial score (nSPS) is 44.2. The zero-order valence-corrected chi connectivity index (χ0v) is 11.8. The van der Waals surface area contributed by atoms with Gasteiger partial charge in [-0.25, -0.2) is 0 Å². The maximum atomic E-state index is 11.5. The number of rotatable bonds is 2. The summed E-state index contributed by atoms with van der Waals surface area (Å²) in [5.41, 5.74) is 2.58. The number of nitrogens with one attached hydrogen (secondary N) is 2. The zero-order chi connectivity index (χ0) is 13.3. The predicted octanol–water partition coefficient (Wildman–Crippen LogP) is 2.39. The highest BCUT2D eigenvalue weighted by Crippen LogP contribution is 2.66. The first-order chi connectivity index (χ1) is 9.81. The van der Waals surface area contributed by atoms with Gasteiger partial charge in [0, 0.05) is 23.8 Å². The van der Waals surface area contributed by atoms with Crippen LogP contribution in [0.25, 0.3) is 0 Å². The van der Waals surface area contributed by atoms with Crippen LogP contribution in [0.1, 0.15) is 49.4 Å². The van der Waals surface area contributed by atoms with E-state index in [9.17, 15) is 4.79 Å². The van der Waals surface area contributed by atoms with Crippen LogP contribution in [0.5, 0.6) is 0 Å². The minimum atomic E-state index is 0.0470. The molecule has 3 nitrogen and oxygen atoms in total. The Morgan fingerprint density at radius 3 is 2.70 bits per heavy atom. The van der Waals surface area contributed by atoms with Crippen LogP contribution in [-0.4, -0.2) is 11.0 Å². The number of aryl methyl sites for hydroxylation is 1. The molecule has 1 heterocycles. The third-order valence-corrected chi connectivity index (χ3v) is 6.46. The first kappa shape index (κ1) is 11.6. The van der Waals surface area contributed by atoms with Gasteiger partial charge in [-0.3, -0.25) is 4.79 Å². The number of aromatic amines is 1. The molecule has 2 bridgehead atoms. The Labute approximate surface area is 119 Å². The van der Waals surface area contributed by atoms with Crippen molar-refractivity contribution in [3.63, 3.8) is 0 Å². The highest BCUT2D eigenvalue weighted by molar-refractivity contribution is 5.28. The second kappa shape index (κ2) is 3.97. The SMILES string of the molecule is O=c1ccc2c([nH]1)CCCC2NC1C2C3CCC(C3)C12. The summed E-state index contributed by atoms with van der Waals surface area (Å²) in [4.78, 5) is 14.5. The van der Waals surface area contributed by atoms with Crippen molar-refractivity contribution in [1.82, 2.24) is 10.3 Å². The molecular formula is C17H22N2O. The minimum absolute atomic E-state index is 0.0470. The van der Waals surface area contributed by atoms with Crippen molar-refractivity contribution in [2.45, 2.75) is 50.6 Å². The van der Waals surface area contributed by atoms with Crippen LogP contribution < -0.4 is 10.9 Å². The highest BCUT2D eigenvalue weighted by atomic mass is 16.1. The smallest absolute Gasteiger partial charge is 0.248 e. The Hall–Kier alpha value is -1.09. The Morgan fingerprint density at radius 1 is 1.10 bits per heavy atom. The van der Waals surface area contributed by atoms with Crippen molar-refractivity contribution in [1.29, 1.82) is 0 Å². The van der Waals surface area contributed by atoms with E-state index in [2.05, 4.69) is 16.4 Å². The average Bonchev–Trinajstić information content (AvgIpc) is 2.83. The fourth-order valence-corrected chi connectivity index (χ4v) is 5.65. The van der Waals surface area contributed by atoms with E-state index in [1.54, 1.807) is 6.07 Å². The summed E-state index contributed by atoms with van der Waals surface area (Å²) in [6, 6.07) is 5.00. The van der Waals surface area contributed by atoms with Gasteiger partial charge in [0.2, 0.25) is 5.56 Å². The van der Waals surface area contributed by atoms with E-state index in [4.69, 9.17) is 0 Å². The Bertz CT molecular complexity index is 591. The molecule has 0 aromatic carbocycles. The maximum Gasteiger partial charge on any atom is 0.248 e. The topological polar surface area (TPSA) is 44.9 Å². The number of aromatic nitrogens is 1. The van der Waals surface area contributed by atoms with Crippen LogP contribution in [0.3, 0.4) is 0 Å². The lowest BCUT2D eigenvalue weighted by Crippen LogP contribution is -2.31. The Balaban J connectivity index is 1.38. The molecule has 106 valence electrons. The second-order valence-corrected chi connectivity index (χ2v) is 7.38. The third kappa shape index (κ3) is 1.53. The van der Waals surface area contributed by atoms with Gasteiger partial charge in [0.1, 0.15) is 0 Å². The van der Waals surface area contributed by atoms with E-state index >= 15 is 0 Å². The van der Waals surface area contributed by atoms with E-state index in [1.807, 2.05) is 0 Å². The number of hydrogen-bond donors (Lipinski definition) is 2. The Morgan fingerprint density at radius 2 is 1.90 bits per heavy atom. The number of fused-ring (bicyclic) bond motifs is 6. The number of H-pyrrole nitrogens is 1. The standard InChI is InChI=1S/C17H22N2O/c20-14-7-6-11-12(18-14)2-1-3-13(11)19-17-15-9-4-5-10(8-9)16(15)17/h6-7,9-10,13,15-17,19H,1-5,8H2,(H,18,20). The summed E-state index contributed by atoms with van der Waals surface area (Å²) < 4.78 is 0. The molecule has 2 N–H and O–H groups in total. The molecule has 5 rings (SSSR count). The van der Waals surface area contributed by atoms with E-state index in [1.165, 1.54) is 43.4 Å². The molecule has 3 saturated carbocycles. The molecule has 20 heavy (non-hydrogen) atoms. The van der Waals surface area contributed by atoms with Crippen LogP contribution in [0.2, 0.25) is 0 Å². The van der Waals surface area contributed by atoms with Gasteiger partial charge in [0.25, 0.3) is 0 Å². The van der Waals surface area contributed by atoms with Crippen LogP contribution in [0, 0.1) is 23.7 Å². The van der Waals surface area contributed by atoms with Crippen molar-refractivity contribution in [3.05, 3.63) is 33.7 Å². The average molecular weight is 270 g/mol. The van der Waals surface area contributed by atoms with Gasteiger partial charge in [-0.1, -0.05) is 6.07 Å². The fraction of sp³-hybridized carbons (Fsp3) is 0.706. The van der Waals surface area contributed by atoms with Gasteiger partial charge in [0.15, 0.2) is 0 Å². The molecule has 4 aliphatic carbocycles.